The fourth-order valence-corrected chi connectivity index (χ4v) is 2.84. The number of hydrogen-bond acceptors (Lipinski definition) is 2. The molecule has 90 valence electrons. The van der Waals surface area contributed by atoms with Gasteiger partial charge >= 0.3 is 0 Å². The number of aliphatic hydroxyl groups excluding tert-OH is 1. The van der Waals surface area contributed by atoms with Gasteiger partial charge in [-0.3, -0.25) is 0 Å². The first-order valence-electron chi connectivity index (χ1n) is 5.24. The number of aliphatic hydroxyl groups is 1. The molecule has 0 bridgehead atoms. The molecule has 0 fully saturated rings. The summed E-state index contributed by atoms with van der Waals surface area (Å²) in [4.78, 5) is 0.816. The highest BCUT2D eigenvalue weighted by atomic mass is 35.5. The molecule has 1 unspecified atom stereocenters. The lowest BCUT2D eigenvalue weighted by molar-refractivity contribution is 0.182. The van der Waals surface area contributed by atoms with E-state index in [0.29, 0.717) is 10.8 Å². The quantitative estimate of drug-likeness (QED) is 0.889. The lowest BCUT2D eigenvalue weighted by Crippen LogP contribution is -1.99. The van der Waals surface area contributed by atoms with E-state index in [1.54, 1.807) is 12.1 Å². The molecule has 2 aromatic rings. The first kappa shape index (κ1) is 12.6. The van der Waals surface area contributed by atoms with Crippen molar-refractivity contribution in [2.45, 2.75) is 19.4 Å². The van der Waals surface area contributed by atoms with Gasteiger partial charge < -0.3 is 5.11 Å². The fourth-order valence-electron chi connectivity index (χ4n) is 1.64. The van der Waals surface area contributed by atoms with Crippen LogP contribution < -0.4 is 0 Å². The molecule has 4 heteroatoms. The van der Waals surface area contributed by atoms with Gasteiger partial charge in [-0.2, -0.15) is 0 Å². The standard InChI is InChI=1S/C13H12ClFOS/c1-8-5-12(17-13(8)14)11(16)7-9-3-2-4-10(15)6-9/h2-6,11,16H,7H2,1H3. The summed E-state index contributed by atoms with van der Waals surface area (Å²) in [5.74, 6) is -0.282. The molecule has 0 aliphatic rings. The number of hydrogen-bond donors (Lipinski definition) is 1. The van der Waals surface area contributed by atoms with Gasteiger partial charge in [-0.25, -0.2) is 4.39 Å². The van der Waals surface area contributed by atoms with Crippen LogP contribution in [0.4, 0.5) is 4.39 Å². The van der Waals surface area contributed by atoms with E-state index in [0.717, 1.165) is 16.0 Å². The molecule has 1 heterocycles. The number of rotatable bonds is 3. The Hall–Kier alpha value is -0.900. The van der Waals surface area contributed by atoms with Gasteiger partial charge in [-0.1, -0.05) is 23.7 Å². The van der Waals surface area contributed by atoms with Crippen molar-refractivity contribution in [3.63, 3.8) is 0 Å². The summed E-state index contributed by atoms with van der Waals surface area (Å²) >= 11 is 7.32. The Morgan fingerprint density at radius 2 is 2.18 bits per heavy atom. The van der Waals surface area contributed by atoms with Crippen molar-refractivity contribution >= 4 is 22.9 Å². The molecule has 1 aromatic carbocycles. The second-order valence-electron chi connectivity index (χ2n) is 3.96. The molecular weight excluding hydrogens is 259 g/mol. The molecule has 1 N–H and O–H groups in total. The predicted octanol–water partition coefficient (Wildman–Crippen LogP) is 4.13. The summed E-state index contributed by atoms with van der Waals surface area (Å²) in [5.41, 5.74) is 1.74. The van der Waals surface area contributed by atoms with Crippen molar-refractivity contribution in [3.05, 3.63) is 56.5 Å². The smallest absolute Gasteiger partial charge is 0.123 e. The monoisotopic (exact) mass is 270 g/mol. The maximum absolute atomic E-state index is 13.0. The van der Waals surface area contributed by atoms with Gasteiger partial charge in [0.15, 0.2) is 0 Å². The van der Waals surface area contributed by atoms with Crippen LogP contribution in [0.2, 0.25) is 4.34 Å². The Kier molecular flexibility index (Phi) is 3.82. The maximum Gasteiger partial charge on any atom is 0.123 e. The van der Waals surface area contributed by atoms with Crippen molar-refractivity contribution in [2.75, 3.05) is 0 Å². The number of thiophene rings is 1. The van der Waals surface area contributed by atoms with Gasteiger partial charge in [0.2, 0.25) is 0 Å². The van der Waals surface area contributed by atoms with Crippen molar-refractivity contribution in [1.29, 1.82) is 0 Å². The van der Waals surface area contributed by atoms with Crippen molar-refractivity contribution < 1.29 is 9.50 Å². The second-order valence-corrected chi connectivity index (χ2v) is 5.64. The van der Waals surface area contributed by atoms with Gasteiger partial charge in [-0.15, -0.1) is 11.3 Å². The SMILES string of the molecule is Cc1cc(C(O)Cc2cccc(F)c2)sc1Cl. The van der Waals surface area contributed by atoms with Crippen LogP contribution in [-0.2, 0) is 6.42 Å². The Labute approximate surface area is 108 Å². The summed E-state index contributed by atoms with van der Waals surface area (Å²) in [6.07, 6.45) is -0.235. The molecule has 0 spiro atoms. The molecule has 0 radical (unpaired) electrons. The molecule has 1 atom stereocenters. The lowest BCUT2D eigenvalue weighted by atomic mass is 10.1. The zero-order valence-electron chi connectivity index (χ0n) is 9.28. The second kappa shape index (κ2) is 5.17. The molecule has 0 aliphatic heterocycles. The highest BCUT2D eigenvalue weighted by Gasteiger charge is 2.13. The number of halogens is 2. The first-order valence-corrected chi connectivity index (χ1v) is 6.44. The normalized spacial score (nSPS) is 12.7. The number of benzene rings is 1. The average molecular weight is 271 g/mol. The Morgan fingerprint density at radius 3 is 2.76 bits per heavy atom. The van der Waals surface area contributed by atoms with Crippen LogP contribution in [0.25, 0.3) is 0 Å². The van der Waals surface area contributed by atoms with Crippen LogP contribution in [0.3, 0.4) is 0 Å². The maximum atomic E-state index is 13.0. The summed E-state index contributed by atoms with van der Waals surface area (Å²) in [5, 5.41) is 10.0. The van der Waals surface area contributed by atoms with E-state index >= 15 is 0 Å². The van der Waals surface area contributed by atoms with Crippen molar-refractivity contribution in [1.82, 2.24) is 0 Å². The first-order chi connectivity index (χ1) is 8.06. The molecular formula is C13H12ClFOS. The minimum Gasteiger partial charge on any atom is -0.387 e. The summed E-state index contributed by atoms with van der Waals surface area (Å²) < 4.78 is 13.7. The third kappa shape index (κ3) is 3.06. The van der Waals surface area contributed by atoms with Crippen molar-refractivity contribution in [3.8, 4) is 0 Å². The Morgan fingerprint density at radius 1 is 1.41 bits per heavy atom. The van der Waals surface area contributed by atoms with E-state index in [1.807, 2.05) is 13.0 Å². The highest BCUT2D eigenvalue weighted by molar-refractivity contribution is 7.16. The molecule has 2 rings (SSSR count). The topological polar surface area (TPSA) is 20.2 Å². The molecule has 0 saturated carbocycles. The van der Waals surface area contributed by atoms with Crippen LogP contribution in [0.1, 0.15) is 22.1 Å². The summed E-state index contributed by atoms with van der Waals surface area (Å²) in [7, 11) is 0. The van der Waals surface area contributed by atoms with Gasteiger partial charge in [-0.05, 0) is 36.2 Å². The van der Waals surface area contributed by atoms with Crippen LogP contribution >= 0.6 is 22.9 Å². The lowest BCUT2D eigenvalue weighted by Gasteiger charge is -2.08. The van der Waals surface area contributed by atoms with E-state index in [1.165, 1.54) is 23.5 Å². The largest absolute Gasteiger partial charge is 0.387 e. The third-order valence-electron chi connectivity index (χ3n) is 2.52. The van der Waals surface area contributed by atoms with E-state index in [-0.39, 0.29) is 5.82 Å². The van der Waals surface area contributed by atoms with Gasteiger partial charge in [0, 0.05) is 11.3 Å². The van der Waals surface area contributed by atoms with Crippen molar-refractivity contribution in [2.24, 2.45) is 0 Å². The Balaban J connectivity index is 2.14. The predicted molar refractivity (Wildman–Crippen MR) is 69.1 cm³/mol. The van der Waals surface area contributed by atoms with Crippen LogP contribution in [-0.4, -0.2) is 5.11 Å². The molecule has 1 aromatic heterocycles. The van der Waals surface area contributed by atoms with E-state index in [9.17, 15) is 9.50 Å². The fraction of sp³-hybridized carbons (Fsp3) is 0.231. The minimum atomic E-state index is -0.631. The third-order valence-corrected chi connectivity index (χ3v) is 4.18. The zero-order chi connectivity index (χ0) is 12.4. The van der Waals surface area contributed by atoms with Gasteiger partial charge in [0.05, 0.1) is 10.4 Å². The van der Waals surface area contributed by atoms with E-state index in [4.69, 9.17) is 11.6 Å². The van der Waals surface area contributed by atoms with Gasteiger partial charge in [0.1, 0.15) is 5.82 Å². The van der Waals surface area contributed by atoms with Crippen LogP contribution in [0.15, 0.2) is 30.3 Å². The molecule has 0 aliphatic carbocycles. The van der Waals surface area contributed by atoms with Crippen LogP contribution in [0.5, 0.6) is 0 Å². The van der Waals surface area contributed by atoms with Crippen LogP contribution in [0, 0.1) is 12.7 Å². The Bertz CT molecular complexity index is 504. The van der Waals surface area contributed by atoms with E-state index < -0.39 is 6.10 Å². The molecule has 0 saturated heterocycles. The summed E-state index contributed by atoms with van der Waals surface area (Å²) in [6, 6.07) is 8.14. The van der Waals surface area contributed by atoms with E-state index in [2.05, 4.69) is 0 Å². The minimum absolute atomic E-state index is 0.282. The molecule has 17 heavy (non-hydrogen) atoms. The molecule has 0 amide bonds. The average Bonchev–Trinajstić information content (AvgIpc) is 2.59. The molecule has 1 nitrogen and oxygen atoms in total. The van der Waals surface area contributed by atoms with Gasteiger partial charge in [0.25, 0.3) is 0 Å². The highest BCUT2D eigenvalue weighted by Crippen LogP contribution is 2.32. The zero-order valence-corrected chi connectivity index (χ0v) is 10.9. The summed E-state index contributed by atoms with van der Waals surface area (Å²) in [6.45, 7) is 1.90. The number of aryl methyl sites for hydroxylation is 1.